The summed E-state index contributed by atoms with van der Waals surface area (Å²) in [6, 6.07) is 2.97. The second-order valence-corrected chi connectivity index (χ2v) is 4.73. The maximum Gasteiger partial charge on any atom is 0.307 e. The molecule has 8 heteroatoms. The number of esters is 1. The number of hydrogen-bond acceptors (Lipinski definition) is 6. The lowest BCUT2D eigenvalue weighted by Gasteiger charge is -2.19. The molecule has 8 nitrogen and oxygen atoms in total. The van der Waals surface area contributed by atoms with Crippen molar-refractivity contribution in [2.24, 2.45) is 0 Å². The number of benzene rings is 1. The van der Waals surface area contributed by atoms with Crippen molar-refractivity contribution >= 4 is 28.9 Å². The molecular weight excluding hydrogens is 278 g/mol. The summed E-state index contributed by atoms with van der Waals surface area (Å²) >= 11 is 0. The SMILES string of the molecule is COC(=O)CCN(C)c1cc2c(cc1[N+](=O)[O-])CC(=O)N2. The number of methoxy groups -OCH3 is 1. The number of nitrogens with zero attached hydrogens (tertiary/aromatic N) is 2. The van der Waals surface area contributed by atoms with Crippen LogP contribution in [-0.4, -0.2) is 37.5 Å². The van der Waals surface area contributed by atoms with Crippen molar-refractivity contribution < 1.29 is 19.2 Å². The van der Waals surface area contributed by atoms with Crippen LogP contribution in [0.5, 0.6) is 0 Å². The molecule has 0 aromatic heterocycles. The number of anilines is 2. The third kappa shape index (κ3) is 3.10. The highest BCUT2D eigenvalue weighted by atomic mass is 16.6. The van der Waals surface area contributed by atoms with E-state index in [1.54, 1.807) is 18.0 Å². The number of nitrogens with one attached hydrogen (secondary N) is 1. The quantitative estimate of drug-likeness (QED) is 0.495. The Balaban J connectivity index is 2.29. The molecule has 0 bridgehead atoms. The van der Waals surface area contributed by atoms with E-state index in [9.17, 15) is 19.7 Å². The first-order chi connectivity index (χ1) is 9.92. The van der Waals surface area contributed by atoms with Crippen LogP contribution in [-0.2, 0) is 20.7 Å². The Labute approximate surface area is 120 Å². The number of nitro groups is 1. The Morgan fingerprint density at radius 2 is 2.24 bits per heavy atom. The summed E-state index contributed by atoms with van der Waals surface area (Å²) in [4.78, 5) is 34.8. The molecule has 0 saturated carbocycles. The summed E-state index contributed by atoms with van der Waals surface area (Å²) < 4.78 is 4.55. The van der Waals surface area contributed by atoms with Crippen LogP contribution < -0.4 is 10.2 Å². The standard InChI is InChI=1S/C13H15N3O5/c1-15(4-3-13(18)21-2)10-7-9-8(6-12(17)14-9)5-11(10)16(19)20/h5,7H,3-4,6H2,1-2H3,(H,14,17). The molecule has 0 fully saturated rings. The molecule has 21 heavy (non-hydrogen) atoms. The van der Waals surface area contributed by atoms with Crippen LogP contribution in [0.1, 0.15) is 12.0 Å². The van der Waals surface area contributed by atoms with Gasteiger partial charge in [-0.25, -0.2) is 0 Å². The molecule has 1 amide bonds. The van der Waals surface area contributed by atoms with Crippen LogP contribution in [0.15, 0.2) is 12.1 Å². The Morgan fingerprint density at radius 3 is 2.86 bits per heavy atom. The lowest BCUT2D eigenvalue weighted by atomic mass is 10.1. The van der Waals surface area contributed by atoms with E-state index in [-0.39, 0.29) is 37.0 Å². The van der Waals surface area contributed by atoms with Crippen molar-refractivity contribution in [3.05, 3.63) is 27.8 Å². The monoisotopic (exact) mass is 293 g/mol. The lowest BCUT2D eigenvalue weighted by molar-refractivity contribution is -0.384. The topological polar surface area (TPSA) is 102 Å². The van der Waals surface area contributed by atoms with Gasteiger partial charge in [0.1, 0.15) is 5.69 Å². The normalized spacial score (nSPS) is 12.6. The minimum atomic E-state index is -0.493. The molecule has 1 N–H and O–H groups in total. The van der Waals surface area contributed by atoms with Gasteiger partial charge in [-0.3, -0.25) is 19.7 Å². The van der Waals surface area contributed by atoms with E-state index in [4.69, 9.17) is 0 Å². The van der Waals surface area contributed by atoms with Crippen molar-refractivity contribution in [2.75, 3.05) is 30.9 Å². The summed E-state index contributed by atoms with van der Waals surface area (Å²) in [6.45, 7) is 0.278. The number of amides is 1. The van der Waals surface area contributed by atoms with Crippen molar-refractivity contribution in [3.8, 4) is 0 Å². The van der Waals surface area contributed by atoms with E-state index < -0.39 is 4.92 Å². The van der Waals surface area contributed by atoms with Crippen LogP contribution >= 0.6 is 0 Å². The average Bonchev–Trinajstić information content (AvgIpc) is 2.81. The van der Waals surface area contributed by atoms with Gasteiger partial charge >= 0.3 is 5.97 Å². The van der Waals surface area contributed by atoms with Gasteiger partial charge in [0.2, 0.25) is 5.91 Å². The second kappa shape index (κ2) is 5.78. The zero-order valence-electron chi connectivity index (χ0n) is 11.7. The fourth-order valence-corrected chi connectivity index (χ4v) is 2.18. The van der Waals surface area contributed by atoms with Crippen molar-refractivity contribution in [3.63, 3.8) is 0 Å². The van der Waals surface area contributed by atoms with Crippen LogP contribution in [0.2, 0.25) is 0 Å². The van der Waals surface area contributed by atoms with Crippen molar-refractivity contribution in [1.29, 1.82) is 0 Å². The molecule has 2 rings (SSSR count). The van der Waals surface area contributed by atoms with Gasteiger partial charge in [0.15, 0.2) is 0 Å². The summed E-state index contributed by atoms with van der Waals surface area (Å²) in [7, 11) is 2.93. The first-order valence-corrected chi connectivity index (χ1v) is 6.31. The van der Waals surface area contributed by atoms with Crippen LogP contribution in [0.4, 0.5) is 17.1 Å². The number of nitro benzene ring substituents is 1. The fraction of sp³-hybridized carbons (Fsp3) is 0.385. The highest BCUT2D eigenvalue weighted by Crippen LogP contribution is 2.36. The molecule has 1 aromatic carbocycles. The van der Waals surface area contributed by atoms with Crippen LogP contribution in [0.3, 0.4) is 0 Å². The molecule has 0 saturated heterocycles. The maximum absolute atomic E-state index is 11.4. The Hall–Kier alpha value is -2.64. The molecule has 1 aromatic rings. The van der Waals surface area contributed by atoms with E-state index >= 15 is 0 Å². The number of rotatable bonds is 5. The predicted octanol–water partition coefficient (Wildman–Crippen LogP) is 1.09. The zero-order chi connectivity index (χ0) is 15.6. The fourth-order valence-electron chi connectivity index (χ4n) is 2.18. The highest BCUT2D eigenvalue weighted by Gasteiger charge is 2.26. The van der Waals surface area contributed by atoms with Gasteiger partial charge in [0, 0.05) is 25.3 Å². The van der Waals surface area contributed by atoms with E-state index in [1.807, 2.05) is 0 Å². The average molecular weight is 293 g/mol. The molecule has 1 aliphatic rings. The number of carbonyl (C=O) groups is 2. The lowest BCUT2D eigenvalue weighted by Crippen LogP contribution is -2.22. The molecule has 1 heterocycles. The van der Waals surface area contributed by atoms with Gasteiger partial charge in [-0.2, -0.15) is 0 Å². The summed E-state index contributed by atoms with van der Waals surface area (Å²) in [5, 5.41) is 13.8. The molecule has 0 radical (unpaired) electrons. The zero-order valence-corrected chi connectivity index (χ0v) is 11.7. The largest absolute Gasteiger partial charge is 0.469 e. The molecule has 0 spiro atoms. The van der Waals surface area contributed by atoms with Gasteiger partial charge in [-0.15, -0.1) is 0 Å². The van der Waals surface area contributed by atoms with Crippen molar-refractivity contribution in [1.82, 2.24) is 0 Å². The van der Waals surface area contributed by atoms with Gasteiger partial charge in [0.05, 0.1) is 24.9 Å². The minimum absolute atomic E-state index is 0.0855. The maximum atomic E-state index is 11.4. The molecule has 1 aliphatic heterocycles. The van der Waals surface area contributed by atoms with Crippen LogP contribution in [0.25, 0.3) is 0 Å². The minimum Gasteiger partial charge on any atom is -0.469 e. The molecule has 0 atom stereocenters. The third-order valence-electron chi connectivity index (χ3n) is 3.31. The van der Waals surface area contributed by atoms with Gasteiger partial charge in [0.25, 0.3) is 5.69 Å². The third-order valence-corrected chi connectivity index (χ3v) is 3.31. The Morgan fingerprint density at radius 1 is 1.52 bits per heavy atom. The Kier molecular flexibility index (Phi) is 4.06. The number of carbonyl (C=O) groups excluding carboxylic acids is 2. The summed E-state index contributed by atoms with van der Waals surface area (Å²) in [6.07, 6.45) is 0.260. The molecule has 112 valence electrons. The van der Waals surface area contributed by atoms with Gasteiger partial charge in [-0.05, 0) is 11.6 Å². The first-order valence-electron chi connectivity index (χ1n) is 6.31. The highest BCUT2D eigenvalue weighted by molar-refractivity contribution is 6.00. The first kappa shape index (κ1) is 14.8. The second-order valence-electron chi connectivity index (χ2n) is 4.73. The van der Waals surface area contributed by atoms with Crippen molar-refractivity contribution in [2.45, 2.75) is 12.8 Å². The molecular formula is C13H15N3O5. The van der Waals surface area contributed by atoms with Crippen LogP contribution in [0, 0.1) is 10.1 Å². The number of fused-ring (bicyclic) bond motifs is 1. The number of ether oxygens (including phenoxy) is 1. The number of hydrogen-bond donors (Lipinski definition) is 1. The summed E-state index contributed by atoms with van der Waals surface area (Å²) in [5.74, 6) is -0.576. The summed E-state index contributed by atoms with van der Waals surface area (Å²) in [5.41, 5.74) is 1.45. The van der Waals surface area contributed by atoms with E-state index in [0.717, 1.165) is 0 Å². The Bertz CT molecular complexity index is 614. The molecule has 0 unspecified atom stereocenters. The van der Waals surface area contributed by atoms with Gasteiger partial charge < -0.3 is 15.0 Å². The van der Waals surface area contributed by atoms with E-state index in [2.05, 4.69) is 10.1 Å². The van der Waals surface area contributed by atoms with E-state index in [1.165, 1.54) is 13.2 Å². The smallest absolute Gasteiger partial charge is 0.307 e. The van der Waals surface area contributed by atoms with Gasteiger partial charge in [-0.1, -0.05) is 0 Å². The molecule has 0 aliphatic carbocycles. The van der Waals surface area contributed by atoms with E-state index in [0.29, 0.717) is 16.9 Å². The predicted molar refractivity (Wildman–Crippen MR) is 75.3 cm³/mol.